The second-order valence-electron chi connectivity index (χ2n) is 8.48. The monoisotopic (exact) mass is 405 g/mol. The summed E-state index contributed by atoms with van der Waals surface area (Å²) in [6, 6.07) is 15.4. The van der Waals surface area contributed by atoms with Crippen molar-refractivity contribution in [2.75, 3.05) is 7.11 Å². The molecule has 0 aromatic heterocycles. The van der Waals surface area contributed by atoms with E-state index in [4.69, 9.17) is 9.47 Å². The van der Waals surface area contributed by atoms with Crippen molar-refractivity contribution in [3.63, 3.8) is 0 Å². The topological polar surface area (TPSA) is 30.5 Å². The van der Waals surface area contributed by atoms with Crippen LogP contribution in [-0.4, -0.2) is 19.3 Å². The summed E-state index contributed by atoms with van der Waals surface area (Å²) in [5, 5.41) is 3.52. The lowest BCUT2D eigenvalue weighted by Gasteiger charge is -2.27. The molecule has 0 saturated heterocycles. The van der Waals surface area contributed by atoms with Crippen LogP contribution in [0.2, 0.25) is 0 Å². The summed E-state index contributed by atoms with van der Waals surface area (Å²) in [6.45, 7) is 10.6. The van der Waals surface area contributed by atoms with Crippen molar-refractivity contribution < 1.29 is 9.47 Å². The molecular formula is C27H35NO2. The van der Waals surface area contributed by atoms with Crippen LogP contribution < -0.4 is 5.32 Å². The summed E-state index contributed by atoms with van der Waals surface area (Å²) in [4.78, 5) is 0. The van der Waals surface area contributed by atoms with Gasteiger partial charge in [0.1, 0.15) is 0 Å². The molecule has 0 spiro atoms. The van der Waals surface area contributed by atoms with E-state index in [1.165, 1.54) is 33.4 Å². The Bertz CT molecular complexity index is 895. The molecule has 2 aromatic carbocycles. The number of methoxy groups -OCH3 is 1. The molecule has 3 heteroatoms. The summed E-state index contributed by atoms with van der Waals surface area (Å²) >= 11 is 0. The molecule has 1 aliphatic heterocycles. The first-order chi connectivity index (χ1) is 14.4. The Balaban J connectivity index is 1.84. The van der Waals surface area contributed by atoms with E-state index in [1.54, 1.807) is 7.11 Å². The fourth-order valence-electron chi connectivity index (χ4n) is 4.24. The smallest absolute Gasteiger partial charge is 0.0804 e. The third-order valence-electron chi connectivity index (χ3n) is 5.71. The van der Waals surface area contributed by atoms with E-state index in [1.807, 2.05) is 0 Å². The number of dihydropyridines is 1. The van der Waals surface area contributed by atoms with Gasteiger partial charge in [-0.2, -0.15) is 0 Å². The number of benzene rings is 2. The summed E-state index contributed by atoms with van der Waals surface area (Å²) in [6.07, 6.45) is 7.73. The highest BCUT2D eigenvalue weighted by Crippen LogP contribution is 2.32. The van der Waals surface area contributed by atoms with Gasteiger partial charge >= 0.3 is 0 Å². The fraction of sp³-hybridized carbons (Fsp3) is 0.407. The molecule has 0 radical (unpaired) electrons. The van der Waals surface area contributed by atoms with Crippen LogP contribution in [0.1, 0.15) is 67.2 Å². The van der Waals surface area contributed by atoms with E-state index < -0.39 is 0 Å². The Labute approximate surface area is 181 Å². The Hall–Kier alpha value is -2.36. The molecule has 4 atom stereocenters. The first-order valence-corrected chi connectivity index (χ1v) is 10.9. The lowest BCUT2D eigenvalue weighted by atomic mass is 9.91. The molecule has 3 unspecified atom stereocenters. The minimum Gasteiger partial charge on any atom is -0.382 e. The second kappa shape index (κ2) is 10.1. The predicted octanol–water partition coefficient (Wildman–Crippen LogP) is 6.44. The Morgan fingerprint density at radius 2 is 1.67 bits per heavy atom. The first-order valence-electron chi connectivity index (χ1n) is 10.9. The molecule has 30 heavy (non-hydrogen) atoms. The molecule has 0 bridgehead atoms. The quantitative estimate of drug-likeness (QED) is 0.548. The minimum atomic E-state index is 0.00558. The highest BCUT2D eigenvalue weighted by molar-refractivity contribution is 5.76. The van der Waals surface area contributed by atoms with Gasteiger partial charge in [0.05, 0.1) is 24.4 Å². The number of rotatable bonds is 8. The average molecular weight is 406 g/mol. The molecule has 0 amide bonds. The lowest BCUT2D eigenvalue weighted by molar-refractivity contribution is -0.0248. The van der Waals surface area contributed by atoms with Gasteiger partial charge in [-0.05, 0) is 81.7 Å². The van der Waals surface area contributed by atoms with Crippen LogP contribution in [0.15, 0.2) is 60.8 Å². The van der Waals surface area contributed by atoms with Gasteiger partial charge in [-0.3, -0.25) is 0 Å². The van der Waals surface area contributed by atoms with E-state index >= 15 is 0 Å². The van der Waals surface area contributed by atoms with E-state index in [2.05, 4.69) is 101 Å². The maximum Gasteiger partial charge on any atom is 0.0804 e. The van der Waals surface area contributed by atoms with Crippen molar-refractivity contribution in [2.45, 2.75) is 65.4 Å². The van der Waals surface area contributed by atoms with Crippen LogP contribution in [0.25, 0.3) is 5.57 Å². The van der Waals surface area contributed by atoms with E-state index in [0.29, 0.717) is 0 Å². The van der Waals surface area contributed by atoms with Crippen LogP contribution in [0.4, 0.5) is 0 Å². The van der Waals surface area contributed by atoms with Gasteiger partial charge in [0.25, 0.3) is 0 Å². The van der Waals surface area contributed by atoms with Crippen molar-refractivity contribution in [1.29, 1.82) is 0 Å². The van der Waals surface area contributed by atoms with Crippen LogP contribution in [0.3, 0.4) is 0 Å². The lowest BCUT2D eigenvalue weighted by Crippen LogP contribution is -2.22. The maximum absolute atomic E-state index is 6.34. The zero-order chi connectivity index (χ0) is 21.7. The fourth-order valence-corrected chi connectivity index (χ4v) is 4.24. The van der Waals surface area contributed by atoms with Crippen LogP contribution in [0, 0.1) is 13.8 Å². The average Bonchev–Trinajstić information content (AvgIpc) is 2.73. The SMILES string of the molecule is COC(C)CC(C)O[C@@H](C)c1ccccc1C1C=C(c2cc(C)cc(C)c2)C=CN1. The largest absolute Gasteiger partial charge is 0.382 e. The summed E-state index contributed by atoms with van der Waals surface area (Å²) in [5.41, 5.74) is 7.56. The van der Waals surface area contributed by atoms with Crippen LogP contribution >= 0.6 is 0 Å². The van der Waals surface area contributed by atoms with Crippen molar-refractivity contribution in [3.05, 3.63) is 88.6 Å². The Morgan fingerprint density at radius 1 is 0.967 bits per heavy atom. The van der Waals surface area contributed by atoms with Gasteiger partial charge < -0.3 is 14.8 Å². The standard InChI is InChI=1S/C27H35NO2/c1-18-13-19(2)15-24(14-18)23-11-12-28-27(17-23)26-10-8-7-9-25(26)22(5)30-21(4)16-20(3)29-6/h7-15,17,20-22,27-28H,16H2,1-6H3/t20?,21?,22-,27?/m0/s1. The Morgan fingerprint density at radius 3 is 2.37 bits per heavy atom. The van der Waals surface area contributed by atoms with Gasteiger partial charge in [-0.25, -0.2) is 0 Å². The highest BCUT2D eigenvalue weighted by atomic mass is 16.5. The highest BCUT2D eigenvalue weighted by Gasteiger charge is 2.21. The van der Waals surface area contributed by atoms with Gasteiger partial charge in [0, 0.05) is 7.11 Å². The summed E-state index contributed by atoms with van der Waals surface area (Å²) < 4.78 is 11.7. The number of allylic oxidation sites excluding steroid dienone is 2. The molecule has 0 aliphatic carbocycles. The number of hydrogen-bond acceptors (Lipinski definition) is 3. The molecule has 160 valence electrons. The number of ether oxygens (including phenoxy) is 2. The molecule has 1 heterocycles. The molecule has 0 saturated carbocycles. The van der Waals surface area contributed by atoms with Gasteiger partial charge in [-0.1, -0.05) is 53.6 Å². The molecule has 3 nitrogen and oxygen atoms in total. The molecule has 1 N–H and O–H groups in total. The predicted molar refractivity (Wildman–Crippen MR) is 125 cm³/mol. The second-order valence-corrected chi connectivity index (χ2v) is 8.48. The zero-order valence-electron chi connectivity index (χ0n) is 19.1. The third kappa shape index (κ3) is 5.62. The minimum absolute atomic E-state index is 0.00558. The van der Waals surface area contributed by atoms with Gasteiger partial charge in [0.2, 0.25) is 0 Å². The molecule has 1 aliphatic rings. The van der Waals surface area contributed by atoms with Gasteiger partial charge in [0.15, 0.2) is 0 Å². The Kier molecular flexibility index (Phi) is 7.52. The summed E-state index contributed by atoms with van der Waals surface area (Å²) in [7, 11) is 1.75. The number of nitrogens with one attached hydrogen (secondary N) is 1. The normalized spacial score (nSPS) is 19.0. The molecule has 3 rings (SSSR count). The van der Waals surface area contributed by atoms with Crippen molar-refractivity contribution in [1.82, 2.24) is 5.32 Å². The van der Waals surface area contributed by atoms with E-state index in [9.17, 15) is 0 Å². The van der Waals surface area contributed by atoms with Crippen molar-refractivity contribution in [3.8, 4) is 0 Å². The third-order valence-corrected chi connectivity index (χ3v) is 5.71. The van der Waals surface area contributed by atoms with Crippen molar-refractivity contribution >= 4 is 5.57 Å². The molecular weight excluding hydrogens is 370 g/mol. The number of aryl methyl sites for hydroxylation is 2. The molecule has 2 aromatic rings. The van der Waals surface area contributed by atoms with Crippen LogP contribution in [-0.2, 0) is 9.47 Å². The van der Waals surface area contributed by atoms with E-state index in [-0.39, 0.29) is 24.4 Å². The number of hydrogen-bond donors (Lipinski definition) is 1. The first kappa shape index (κ1) is 22.3. The van der Waals surface area contributed by atoms with Crippen LogP contribution in [0.5, 0.6) is 0 Å². The summed E-state index contributed by atoms with van der Waals surface area (Å²) in [5.74, 6) is 0. The van der Waals surface area contributed by atoms with E-state index in [0.717, 1.165) is 6.42 Å². The maximum atomic E-state index is 6.34. The van der Waals surface area contributed by atoms with Crippen molar-refractivity contribution in [2.24, 2.45) is 0 Å². The zero-order valence-corrected chi connectivity index (χ0v) is 19.1. The molecule has 0 fully saturated rings. The van der Waals surface area contributed by atoms with Gasteiger partial charge in [-0.15, -0.1) is 0 Å².